The molecule has 1 unspecified atom stereocenters. The van der Waals surface area contributed by atoms with E-state index in [4.69, 9.17) is 4.74 Å². The van der Waals surface area contributed by atoms with Crippen molar-refractivity contribution < 1.29 is 9.13 Å². The Balaban J connectivity index is 2.26. The normalized spacial score (nSPS) is 12.2. The Morgan fingerprint density at radius 1 is 1.24 bits per heavy atom. The molecule has 0 radical (unpaired) electrons. The van der Waals surface area contributed by atoms with Crippen molar-refractivity contribution in [2.75, 3.05) is 13.7 Å². The smallest absolute Gasteiger partial charge is 0.123 e. The molecular weight excluding hydrogens is 333 g/mol. The van der Waals surface area contributed by atoms with Crippen LogP contribution in [0.15, 0.2) is 46.9 Å². The summed E-state index contributed by atoms with van der Waals surface area (Å²) in [6, 6.07) is 12.8. The van der Waals surface area contributed by atoms with Crippen LogP contribution in [0.5, 0.6) is 5.75 Å². The molecule has 0 fully saturated rings. The Labute approximate surface area is 133 Å². The van der Waals surface area contributed by atoms with Crippen LogP contribution in [0.2, 0.25) is 0 Å². The molecule has 0 heterocycles. The first-order valence-electron chi connectivity index (χ1n) is 6.95. The predicted molar refractivity (Wildman–Crippen MR) is 87.2 cm³/mol. The second-order valence-electron chi connectivity index (χ2n) is 4.83. The maximum absolute atomic E-state index is 13.3. The van der Waals surface area contributed by atoms with Gasteiger partial charge in [-0.25, -0.2) is 4.39 Å². The van der Waals surface area contributed by atoms with Gasteiger partial charge in [-0.3, -0.25) is 0 Å². The summed E-state index contributed by atoms with van der Waals surface area (Å²) in [5.41, 5.74) is 2.12. The fourth-order valence-corrected chi connectivity index (χ4v) is 2.99. The average Bonchev–Trinajstić information content (AvgIpc) is 2.47. The van der Waals surface area contributed by atoms with Gasteiger partial charge in [-0.05, 0) is 48.4 Å². The molecule has 2 aromatic rings. The minimum absolute atomic E-state index is 0.122. The molecular formula is C17H19BrFNO. The van der Waals surface area contributed by atoms with Crippen LogP contribution in [0.3, 0.4) is 0 Å². The lowest BCUT2D eigenvalue weighted by Gasteiger charge is -2.20. The molecule has 0 aliphatic carbocycles. The first-order chi connectivity index (χ1) is 10.1. The van der Waals surface area contributed by atoms with E-state index in [1.807, 2.05) is 24.3 Å². The van der Waals surface area contributed by atoms with Crippen molar-refractivity contribution in [3.05, 3.63) is 63.9 Å². The Kier molecular flexibility index (Phi) is 5.76. The summed E-state index contributed by atoms with van der Waals surface area (Å²) in [5.74, 6) is 0.614. The lowest BCUT2D eigenvalue weighted by molar-refractivity contribution is 0.414. The number of likely N-dealkylation sites (N-methyl/N-ethyl adjacent to an activating group) is 1. The molecule has 0 aromatic heterocycles. The standard InChI is InChI=1S/C17H19BrFNO/c1-3-20-17(10-12-5-4-6-13(19)9-12)15-8-7-14(21-2)11-16(15)18/h4-9,11,17,20H,3,10H2,1-2H3. The zero-order valence-electron chi connectivity index (χ0n) is 12.2. The molecule has 1 atom stereocenters. The number of benzene rings is 2. The monoisotopic (exact) mass is 351 g/mol. The summed E-state index contributed by atoms with van der Waals surface area (Å²) in [6.07, 6.45) is 0.733. The minimum atomic E-state index is -0.198. The fraction of sp³-hybridized carbons (Fsp3) is 0.294. The SMILES string of the molecule is CCNC(Cc1cccc(F)c1)c1ccc(OC)cc1Br. The van der Waals surface area contributed by atoms with Crippen molar-refractivity contribution in [2.45, 2.75) is 19.4 Å². The number of hydrogen-bond acceptors (Lipinski definition) is 2. The molecule has 2 aromatic carbocycles. The van der Waals surface area contributed by atoms with Crippen molar-refractivity contribution >= 4 is 15.9 Å². The third-order valence-electron chi connectivity index (χ3n) is 3.36. The molecule has 0 aliphatic rings. The van der Waals surface area contributed by atoms with Gasteiger partial charge in [0, 0.05) is 10.5 Å². The highest BCUT2D eigenvalue weighted by Gasteiger charge is 2.15. The number of methoxy groups -OCH3 is 1. The van der Waals surface area contributed by atoms with Crippen LogP contribution in [0.4, 0.5) is 4.39 Å². The van der Waals surface area contributed by atoms with Crippen molar-refractivity contribution in [2.24, 2.45) is 0 Å². The molecule has 4 heteroatoms. The highest BCUT2D eigenvalue weighted by molar-refractivity contribution is 9.10. The van der Waals surface area contributed by atoms with Gasteiger partial charge in [-0.15, -0.1) is 0 Å². The molecule has 0 amide bonds. The number of rotatable bonds is 6. The molecule has 112 valence electrons. The Morgan fingerprint density at radius 3 is 2.67 bits per heavy atom. The number of ether oxygens (including phenoxy) is 1. The average molecular weight is 352 g/mol. The quantitative estimate of drug-likeness (QED) is 0.827. The largest absolute Gasteiger partial charge is 0.497 e. The highest BCUT2D eigenvalue weighted by Crippen LogP contribution is 2.29. The van der Waals surface area contributed by atoms with E-state index in [-0.39, 0.29) is 11.9 Å². The van der Waals surface area contributed by atoms with Crippen molar-refractivity contribution in [1.29, 1.82) is 0 Å². The van der Waals surface area contributed by atoms with E-state index in [1.54, 1.807) is 19.2 Å². The van der Waals surface area contributed by atoms with Gasteiger partial charge in [-0.1, -0.05) is 41.1 Å². The highest BCUT2D eigenvalue weighted by atomic mass is 79.9. The zero-order chi connectivity index (χ0) is 15.2. The Hall–Kier alpha value is -1.39. The topological polar surface area (TPSA) is 21.3 Å². The zero-order valence-corrected chi connectivity index (χ0v) is 13.8. The van der Waals surface area contributed by atoms with Crippen molar-refractivity contribution in [1.82, 2.24) is 5.32 Å². The molecule has 2 rings (SSSR count). The van der Waals surface area contributed by atoms with Crippen LogP contribution in [-0.2, 0) is 6.42 Å². The first kappa shape index (κ1) is 16.0. The van der Waals surface area contributed by atoms with Gasteiger partial charge in [-0.2, -0.15) is 0 Å². The summed E-state index contributed by atoms with van der Waals surface area (Å²) in [4.78, 5) is 0. The van der Waals surface area contributed by atoms with Crippen molar-refractivity contribution in [3.63, 3.8) is 0 Å². The summed E-state index contributed by atoms with van der Waals surface area (Å²) >= 11 is 3.59. The second kappa shape index (κ2) is 7.57. The molecule has 21 heavy (non-hydrogen) atoms. The van der Waals surface area contributed by atoms with Gasteiger partial charge < -0.3 is 10.1 Å². The summed E-state index contributed by atoms with van der Waals surface area (Å²) < 4.78 is 19.6. The van der Waals surface area contributed by atoms with Gasteiger partial charge in [0.15, 0.2) is 0 Å². The third-order valence-corrected chi connectivity index (χ3v) is 4.05. The predicted octanol–water partition coefficient (Wildman–Crippen LogP) is 4.49. The second-order valence-corrected chi connectivity index (χ2v) is 5.69. The Morgan fingerprint density at radius 2 is 2.05 bits per heavy atom. The van der Waals surface area contributed by atoms with Crippen molar-refractivity contribution in [3.8, 4) is 5.75 Å². The lowest BCUT2D eigenvalue weighted by atomic mass is 9.98. The number of nitrogens with one attached hydrogen (secondary N) is 1. The molecule has 0 saturated carbocycles. The van der Waals surface area contributed by atoms with Gasteiger partial charge in [0.05, 0.1) is 7.11 Å². The summed E-state index contributed by atoms with van der Waals surface area (Å²) in [5, 5.41) is 3.45. The molecule has 0 spiro atoms. The van der Waals surface area contributed by atoms with Gasteiger partial charge in [0.25, 0.3) is 0 Å². The van der Waals surface area contributed by atoms with E-state index in [0.29, 0.717) is 0 Å². The van der Waals surface area contributed by atoms with Gasteiger partial charge in [0.2, 0.25) is 0 Å². The van der Waals surface area contributed by atoms with Crippen LogP contribution in [0, 0.1) is 5.82 Å². The van der Waals surface area contributed by atoms with E-state index < -0.39 is 0 Å². The van der Waals surface area contributed by atoms with E-state index in [1.165, 1.54) is 6.07 Å². The molecule has 0 saturated heterocycles. The maximum atomic E-state index is 13.3. The van der Waals surface area contributed by atoms with Gasteiger partial charge in [0.1, 0.15) is 11.6 Å². The maximum Gasteiger partial charge on any atom is 0.123 e. The van der Waals surface area contributed by atoms with E-state index >= 15 is 0 Å². The molecule has 0 bridgehead atoms. The number of halogens is 2. The van der Waals surface area contributed by atoms with Crippen LogP contribution < -0.4 is 10.1 Å². The lowest BCUT2D eigenvalue weighted by Crippen LogP contribution is -2.23. The minimum Gasteiger partial charge on any atom is -0.497 e. The summed E-state index contributed by atoms with van der Waals surface area (Å²) in [7, 11) is 1.65. The number of hydrogen-bond donors (Lipinski definition) is 1. The third kappa shape index (κ3) is 4.29. The Bertz CT molecular complexity index is 603. The van der Waals surface area contributed by atoms with Crippen LogP contribution in [0.25, 0.3) is 0 Å². The van der Waals surface area contributed by atoms with E-state index in [9.17, 15) is 4.39 Å². The van der Waals surface area contributed by atoms with Crippen LogP contribution >= 0.6 is 15.9 Å². The first-order valence-corrected chi connectivity index (χ1v) is 7.74. The van der Waals surface area contributed by atoms with Crippen LogP contribution in [0.1, 0.15) is 24.1 Å². The fourth-order valence-electron chi connectivity index (χ4n) is 2.36. The summed E-state index contributed by atoms with van der Waals surface area (Å²) in [6.45, 7) is 2.91. The van der Waals surface area contributed by atoms with Crippen LogP contribution in [-0.4, -0.2) is 13.7 Å². The molecule has 0 aliphatic heterocycles. The van der Waals surface area contributed by atoms with Gasteiger partial charge >= 0.3 is 0 Å². The molecule has 2 nitrogen and oxygen atoms in total. The van der Waals surface area contributed by atoms with E-state index in [2.05, 4.69) is 28.2 Å². The van der Waals surface area contributed by atoms with E-state index in [0.717, 1.165) is 34.3 Å². The molecule has 1 N–H and O–H groups in total.